The minimum absolute atomic E-state index is 0.132. The first kappa shape index (κ1) is 14.5. The van der Waals surface area contributed by atoms with Crippen LogP contribution < -0.4 is 5.56 Å². The first-order chi connectivity index (χ1) is 11.6. The molecule has 0 radical (unpaired) electrons. The lowest BCUT2D eigenvalue weighted by Gasteiger charge is -2.11. The highest BCUT2D eigenvalue weighted by molar-refractivity contribution is 7.17. The van der Waals surface area contributed by atoms with Crippen molar-refractivity contribution in [3.05, 3.63) is 62.9 Å². The van der Waals surface area contributed by atoms with Crippen LogP contribution in [-0.2, 0) is 0 Å². The van der Waals surface area contributed by atoms with Gasteiger partial charge in [0.15, 0.2) is 11.6 Å². The third-order valence-electron chi connectivity index (χ3n) is 3.91. The smallest absolute Gasteiger partial charge is 0.266 e. The van der Waals surface area contributed by atoms with Crippen molar-refractivity contribution in [2.24, 2.45) is 5.18 Å². The number of phenols is 1. The second kappa shape index (κ2) is 5.24. The third kappa shape index (κ3) is 2.02. The molecule has 0 amide bonds. The highest BCUT2D eigenvalue weighted by Gasteiger charge is 2.17. The van der Waals surface area contributed by atoms with E-state index in [-0.39, 0.29) is 11.2 Å². The van der Waals surface area contributed by atoms with Crippen molar-refractivity contribution in [2.75, 3.05) is 0 Å². The largest absolute Gasteiger partial charge is 0.505 e. The number of aromatic amines is 1. The maximum Gasteiger partial charge on any atom is 0.266 e. The molecule has 118 valence electrons. The number of phenolic OH excluding ortho intramolecular Hbond substituents is 1. The number of hydrogen-bond donors (Lipinski definition) is 2. The summed E-state index contributed by atoms with van der Waals surface area (Å²) in [6, 6.07) is 8.72. The van der Waals surface area contributed by atoms with Gasteiger partial charge in [0, 0.05) is 21.9 Å². The minimum Gasteiger partial charge on any atom is -0.505 e. The number of halogens is 1. The standard InChI is InChI=1S/C17H9FN2O3S/c18-10-7-8(1-4-13(10)21)14-12(20-23)3-2-11-15(14)9-5-6-24-16(9)17(22)19-11/h1-7,21H,(H,19,22). The maximum atomic E-state index is 13.8. The molecule has 0 aliphatic heterocycles. The molecule has 0 aliphatic carbocycles. The molecule has 0 aliphatic rings. The highest BCUT2D eigenvalue weighted by Crippen LogP contribution is 2.41. The Hall–Kier alpha value is -3.06. The number of nitroso groups, excluding NO2 is 1. The van der Waals surface area contributed by atoms with Gasteiger partial charge >= 0.3 is 0 Å². The molecule has 24 heavy (non-hydrogen) atoms. The SMILES string of the molecule is O=Nc1ccc2[nH]c(=O)c3sccc3c2c1-c1ccc(O)c(F)c1. The van der Waals surface area contributed by atoms with Crippen LogP contribution in [0.25, 0.3) is 32.1 Å². The van der Waals surface area contributed by atoms with Crippen molar-refractivity contribution in [1.29, 1.82) is 0 Å². The first-order valence-electron chi connectivity index (χ1n) is 6.98. The number of H-pyrrole nitrogens is 1. The van der Waals surface area contributed by atoms with Crippen LogP contribution in [0.5, 0.6) is 5.75 Å². The zero-order valence-electron chi connectivity index (χ0n) is 12.0. The maximum absolute atomic E-state index is 13.8. The molecular weight excluding hydrogens is 331 g/mol. The summed E-state index contributed by atoms with van der Waals surface area (Å²) in [5.74, 6) is -1.28. The van der Waals surface area contributed by atoms with Gasteiger partial charge in [-0.3, -0.25) is 4.79 Å². The van der Waals surface area contributed by atoms with Gasteiger partial charge in [0.05, 0.1) is 0 Å². The molecule has 4 aromatic rings. The van der Waals surface area contributed by atoms with E-state index in [2.05, 4.69) is 10.2 Å². The Kier molecular flexibility index (Phi) is 3.17. The van der Waals surface area contributed by atoms with Gasteiger partial charge in [-0.15, -0.1) is 16.2 Å². The molecule has 0 fully saturated rings. The molecule has 0 unspecified atom stereocenters. The van der Waals surface area contributed by atoms with E-state index in [1.165, 1.54) is 29.5 Å². The molecule has 0 saturated heterocycles. The lowest BCUT2D eigenvalue weighted by molar-refractivity contribution is 0.432. The summed E-state index contributed by atoms with van der Waals surface area (Å²) >= 11 is 1.29. The van der Waals surface area contributed by atoms with Gasteiger partial charge in [0.25, 0.3) is 5.56 Å². The van der Waals surface area contributed by atoms with Gasteiger partial charge in [0.1, 0.15) is 10.4 Å². The van der Waals surface area contributed by atoms with Gasteiger partial charge in [0.2, 0.25) is 0 Å². The van der Waals surface area contributed by atoms with Crippen LogP contribution in [0, 0.1) is 10.7 Å². The number of nitrogens with one attached hydrogen (secondary N) is 1. The fraction of sp³-hybridized carbons (Fsp3) is 0. The summed E-state index contributed by atoms with van der Waals surface area (Å²) in [4.78, 5) is 26.2. The lowest BCUT2D eigenvalue weighted by Crippen LogP contribution is -2.04. The normalized spacial score (nSPS) is 11.2. The Morgan fingerprint density at radius 1 is 1.17 bits per heavy atom. The number of rotatable bonds is 2. The monoisotopic (exact) mass is 340 g/mol. The Morgan fingerprint density at radius 3 is 2.75 bits per heavy atom. The molecule has 0 saturated carbocycles. The molecule has 4 rings (SSSR count). The summed E-state index contributed by atoms with van der Waals surface area (Å²) in [5, 5.41) is 15.5. The quantitative estimate of drug-likeness (QED) is 0.521. The molecule has 7 heteroatoms. The van der Waals surface area contributed by atoms with E-state index in [1.54, 1.807) is 17.5 Å². The predicted octanol–water partition coefficient (Wildman–Crippen LogP) is 4.65. The number of aromatic hydroxyl groups is 1. The fourth-order valence-corrected chi connectivity index (χ4v) is 3.66. The molecule has 5 nitrogen and oxygen atoms in total. The third-order valence-corrected chi connectivity index (χ3v) is 4.82. The topological polar surface area (TPSA) is 82.5 Å². The van der Waals surface area contributed by atoms with Crippen molar-refractivity contribution >= 4 is 38.0 Å². The van der Waals surface area contributed by atoms with E-state index in [0.717, 1.165) is 6.07 Å². The second-order valence-electron chi connectivity index (χ2n) is 5.26. The Labute approximate surface area is 138 Å². The average molecular weight is 340 g/mol. The zero-order chi connectivity index (χ0) is 16.8. The van der Waals surface area contributed by atoms with Crippen LogP contribution in [0.15, 0.2) is 51.7 Å². The number of aromatic nitrogens is 1. The van der Waals surface area contributed by atoms with Crippen LogP contribution >= 0.6 is 11.3 Å². The Balaban J connectivity index is 2.23. The highest BCUT2D eigenvalue weighted by atomic mass is 32.1. The van der Waals surface area contributed by atoms with Crippen LogP contribution in [0.2, 0.25) is 0 Å². The van der Waals surface area contributed by atoms with E-state index >= 15 is 0 Å². The molecule has 2 aromatic carbocycles. The van der Waals surface area contributed by atoms with Gasteiger partial charge in [-0.05, 0) is 46.5 Å². The van der Waals surface area contributed by atoms with E-state index in [9.17, 15) is 19.2 Å². The molecule has 0 spiro atoms. The van der Waals surface area contributed by atoms with E-state index in [1.807, 2.05) is 0 Å². The number of pyridine rings is 1. The van der Waals surface area contributed by atoms with Crippen LogP contribution in [0.1, 0.15) is 0 Å². The number of benzene rings is 2. The molecule has 2 aromatic heterocycles. The molecular formula is C17H9FN2O3S. The van der Waals surface area contributed by atoms with Crippen molar-refractivity contribution in [3.8, 4) is 16.9 Å². The van der Waals surface area contributed by atoms with Gasteiger partial charge in [-0.1, -0.05) is 6.07 Å². The van der Waals surface area contributed by atoms with Crippen LogP contribution in [0.4, 0.5) is 10.1 Å². The summed E-state index contributed by atoms with van der Waals surface area (Å²) < 4.78 is 14.3. The van der Waals surface area contributed by atoms with Crippen LogP contribution in [0.3, 0.4) is 0 Å². The van der Waals surface area contributed by atoms with Crippen molar-refractivity contribution < 1.29 is 9.50 Å². The van der Waals surface area contributed by atoms with Gasteiger partial charge < -0.3 is 10.1 Å². The van der Waals surface area contributed by atoms with Gasteiger partial charge in [-0.25, -0.2) is 4.39 Å². The number of fused-ring (bicyclic) bond motifs is 3. The number of thiophene rings is 1. The number of hydrogen-bond acceptors (Lipinski definition) is 5. The first-order valence-corrected chi connectivity index (χ1v) is 7.86. The lowest BCUT2D eigenvalue weighted by atomic mass is 9.96. The van der Waals surface area contributed by atoms with E-state index < -0.39 is 11.6 Å². The average Bonchev–Trinajstić information content (AvgIpc) is 3.07. The summed E-state index contributed by atoms with van der Waals surface area (Å²) in [5.41, 5.74) is 1.25. The predicted molar refractivity (Wildman–Crippen MR) is 92.5 cm³/mol. The summed E-state index contributed by atoms with van der Waals surface area (Å²) in [6.07, 6.45) is 0. The van der Waals surface area contributed by atoms with Gasteiger partial charge in [-0.2, -0.15) is 0 Å². The second-order valence-corrected chi connectivity index (χ2v) is 6.17. The van der Waals surface area contributed by atoms with E-state index in [4.69, 9.17) is 0 Å². The fourth-order valence-electron chi connectivity index (χ4n) is 2.87. The molecule has 0 atom stereocenters. The molecule has 0 bridgehead atoms. The zero-order valence-corrected chi connectivity index (χ0v) is 12.9. The Morgan fingerprint density at radius 2 is 2.00 bits per heavy atom. The molecule has 2 heterocycles. The van der Waals surface area contributed by atoms with Crippen molar-refractivity contribution in [1.82, 2.24) is 4.98 Å². The summed E-state index contributed by atoms with van der Waals surface area (Å²) in [7, 11) is 0. The minimum atomic E-state index is -0.799. The Bertz CT molecular complexity index is 1180. The van der Waals surface area contributed by atoms with Crippen molar-refractivity contribution in [3.63, 3.8) is 0 Å². The van der Waals surface area contributed by atoms with E-state index in [0.29, 0.717) is 32.1 Å². The molecule has 2 N–H and O–H groups in total. The van der Waals surface area contributed by atoms with Crippen molar-refractivity contribution in [2.45, 2.75) is 0 Å². The van der Waals surface area contributed by atoms with Crippen LogP contribution in [-0.4, -0.2) is 10.1 Å². The summed E-state index contributed by atoms with van der Waals surface area (Å²) in [6.45, 7) is 0. The number of nitrogens with zero attached hydrogens (tertiary/aromatic N) is 1.